The topological polar surface area (TPSA) is 0 Å². The lowest BCUT2D eigenvalue weighted by Gasteiger charge is -2.29. The van der Waals surface area contributed by atoms with Crippen LogP contribution in [-0.2, 0) is 0 Å². The Bertz CT molecular complexity index is 198. The van der Waals surface area contributed by atoms with Gasteiger partial charge in [-0.05, 0) is 25.2 Å². The molecule has 60 valence electrons. The van der Waals surface area contributed by atoms with E-state index in [2.05, 4.69) is 25.2 Å². The minimum absolute atomic E-state index is 0.828. The van der Waals surface area contributed by atoms with Gasteiger partial charge in [0.1, 0.15) is 0 Å². The molecule has 0 N–H and O–H groups in total. The van der Waals surface area contributed by atoms with Gasteiger partial charge >= 0.3 is 0 Å². The van der Waals surface area contributed by atoms with Crippen molar-refractivity contribution < 1.29 is 0 Å². The molecule has 2 unspecified atom stereocenters. The minimum atomic E-state index is 0.828. The van der Waals surface area contributed by atoms with Crippen molar-refractivity contribution in [2.24, 2.45) is 11.8 Å². The molecular formula is C11H16. The molecule has 0 aromatic heterocycles. The number of hydrogen-bond acceptors (Lipinski definition) is 0. The van der Waals surface area contributed by atoms with Crippen molar-refractivity contribution in [1.82, 2.24) is 0 Å². The van der Waals surface area contributed by atoms with E-state index in [1.807, 2.05) is 0 Å². The first-order chi connectivity index (χ1) is 5.42. The van der Waals surface area contributed by atoms with Crippen molar-refractivity contribution in [3.63, 3.8) is 0 Å². The smallest absolute Gasteiger partial charge is 0.00112 e. The highest BCUT2D eigenvalue weighted by Gasteiger charge is 2.26. The van der Waals surface area contributed by atoms with Crippen LogP contribution in [-0.4, -0.2) is 0 Å². The average Bonchev–Trinajstić information content (AvgIpc) is 2.50. The van der Waals surface area contributed by atoms with Gasteiger partial charge in [0.05, 0.1) is 0 Å². The Balaban J connectivity index is 2.14. The van der Waals surface area contributed by atoms with Gasteiger partial charge in [-0.15, -0.1) is 0 Å². The zero-order chi connectivity index (χ0) is 7.68. The van der Waals surface area contributed by atoms with E-state index < -0.39 is 0 Å². The van der Waals surface area contributed by atoms with E-state index in [1.54, 1.807) is 5.57 Å². The number of rotatable bonds is 1. The molecular weight excluding hydrogens is 132 g/mol. The van der Waals surface area contributed by atoms with Gasteiger partial charge in [0.2, 0.25) is 0 Å². The molecule has 0 nitrogen and oxygen atoms in total. The number of hydrogen-bond donors (Lipinski definition) is 0. The van der Waals surface area contributed by atoms with Crippen LogP contribution >= 0.6 is 0 Å². The molecule has 0 aliphatic heterocycles. The number of allylic oxidation sites excluding steroid dienone is 4. The zero-order valence-corrected chi connectivity index (χ0v) is 7.22. The first-order valence-electron chi connectivity index (χ1n) is 4.79. The van der Waals surface area contributed by atoms with Crippen molar-refractivity contribution >= 4 is 0 Å². The lowest BCUT2D eigenvalue weighted by molar-refractivity contribution is 0.344. The van der Waals surface area contributed by atoms with E-state index in [-0.39, 0.29) is 0 Å². The average molecular weight is 148 g/mol. The summed E-state index contributed by atoms with van der Waals surface area (Å²) in [6.07, 6.45) is 12.5. The predicted octanol–water partition coefficient (Wildman–Crippen LogP) is 3.31. The largest absolute Gasteiger partial charge is 0.0771 e. The quantitative estimate of drug-likeness (QED) is 0.535. The summed E-state index contributed by atoms with van der Waals surface area (Å²) in [5, 5.41) is 0. The Morgan fingerprint density at radius 3 is 3.27 bits per heavy atom. The lowest BCUT2D eigenvalue weighted by Crippen LogP contribution is -2.17. The summed E-state index contributed by atoms with van der Waals surface area (Å²) < 4.78 is 0. The normalized spacial score (nSPS) is 35.2. The predicted molar refractivity (Wildman–Crippen MR) is 48.3 cm³/mol. The van der Waals surface area contributed by atoms with E-state index in [0.717, 1.165) is 11.8 Å². The van der Waals surface area contributed by atoms with Gasteiger partial charge in [-0.2, -0.15) is 0 Å². The molecule has 0 heterocycles. The molecule has 2 aliphatic rings. The molecule has 0 bridgehead atoms. The summed E-state index contributed by atoms with van der Waals surface area (Å²) in [5.74, 6) is 1.78. The molecule has 2 aliphatic carbocycles. The van der Waals surface area contributed by atoms with Crippen molar-refractivity contribution in [3.05, 3.63) is 23.8 Å². The van der Waals surface area contributed by atoms with Crippen molar-refractivity contribution in [3.8, 4) is 0 Å². The molecule has 1 fully saturated rings. The maximum Gasteiger partial charge on any atom is 0.00112 e. The van der Waals surface area contributed by atoms with Gasteiger partial charge in [-0.3, -0.25) is 0 Å². The second-order valence-electron chi connectivity index (χ2n) is 3.71. The van der Waals surface area contributed by atoms with E-state index in [1.165, 1.54) is 25.7 Å². The molecule has 0 amide bonds. The van der Waals surface area contributed by atoms with Gasteiger partial charge in [0.15, 0.2) is 0 Å². The summed E-state index contributed by atoms with van der Waals surface area (Å²) in [4.78, 5) is 0. The van der Waals surface area contributed by atoms with Gasteiger partial charge in [0.25, 0.3) is 0 Å². The Morgan fingerprint density at radius 2 is 2.45 bits per heavy atom. The van der Waals surface area contributed by atoms with Crippen LogP contribution in [0.5, 0.6) is 0 Å². The van der Waals surface area contributed by atoms with E-state index >= 15 is 0 Å². The fourth-order valence-electron chi connectivity index (χ4n) is 2.45. The van der Waals surface area contributed by atoms with Crippen LogP contribution in [0.25, 0.3) is 0 Å². The minimum Gasteiger partial charge on any atom is -0.0771 e. The van der Waals surface area contributed by atoms with Crippen LogP contribution in [0, 0.1) is 11.8 Å². The summed E-state index contributed by atoms with van der Waals surface area (Å²) in [7, 11) is 0. The summed E-state index contributed by atoms with van der Waals surface area (Å²) in [6.45, 7) is 2.32. The zero-order valence-electron chi connectivity index (χ0n) is 7.22. The van der Waals surface area contributed by atoms with Crippen LogP contribution < -0.4 is 0 Å². The third-order valence-corrected chi connectivity index (χ3v) is 3.13. The molecule has 11 heavy (non-hydrogen) atoms. The molecule has 0 heteroatoms. The Hall–Kier alpha value is -0.520. The monoisotopic (exact) mass is 148 g/mol. The van der Waals surface area contributed by atoms with Crippen LogP contribution in [0.15, 0.2) is 23.8 Å². The molecule has 2 atom stereocenters. The van der Waals surface area contributed by atoms with Gasteiger partial charge < -0.3 is 0 Å². The second kappa shape index (κ2) is 2.84. The van der Waals surface area contributed by atoms with Crippen LogP contribution in [0.4, 0.5) is 0 Å². The second-order valence-corrected chi connectivity index (χ2v) is 3.71. The fourth-order valence-corrected chi connectivity index (χ4v) is 2.45. The van der Waals surface area contributed by atoms with Gasteiger partial charge in [-0.25, -0.2) is 0 Å². The third kappa shape index (κ3) is 1.15. The van der Waals surface area contributed by atoms with E-state index in [9.17, 15) is 0 Å². The first-order valence-corrected chi connectivity index (χ1v) is 4.79. The highest BCUT2D eigenvalue weighted by molar-refractivity contribution is 5.29. The maximum absolute atomic E-state index is 2.39. The molecule has 2 rings (SSSR count). The van der Waals surface area contributed by atoms with Gasteiger partial charge in [0, 0.05) is 5.92 Å². The molecule has 0 spiro atoms. The Labute approximate surface area is 69.0 Å². The van der Waals surface area contributed by atoms with Crippen molar-refractivity contribution in [2.75, 3.05) is 0 Å². The van der Waals surface area contributed by atoms with Crippen LogP contribution in [0.1, 0.15) is 32.6 Å². The van der Waals surface area contributed by atoms with Crippen LogP contribution in [0.3, 0.4) is 0 Å². The first kappa shape index (κ1) is 7.15. The third-order valence-electron chi connectivity index (χ3n) is 3.13. The highest BCUT2D eigenvalue weighted by atomic mass is 14.3. The molecule has 0 aromatic carbocycles. The summed E-state index contributed by atoms with van der Waals surface area (Å²) in [5.41, 5.74) is 1.70. The van der Waals surface area contributed by atoms with Crippen LogP contribution in [0.2, 0.25) is 0 Å². The fraction of sp³-hybridized carbons (Fsp3) is 0.636. The molecule has 0 saturated heterocycles. The van der Waals surface area contributed by atoms with Crippen molar-refractivity contribution in [2.45, 2.75) is 32.6 Å². The molecule has 1 saturated carbocycles. The standard InChI is InChI=1S/C11H16/c1-2-9-5-3-6-10-7-4-8-11(9)10/h4,7-9,11H,2-3,5-6H2,1H3. The molecule has 0 aromatic rings. The van der Waals surface area contributed by atoms with Crippen molar-refractivity contribution in [1.29, 1.82) is 0 Å². The Morgan fingerprint density at radius 1 is 1.55 bits per heavy atom. The van der Waals surface area contributed by atoms with E-state index in [4.69, 9.17) is 0 Å². The maximum atomic E-state index is 2.39. The van der Waals surface area contributed by atoms with E-state index in [0.29, 0.717) is 0 Å². The number of fused-ring (bicyclic) bond motifs is 1. The Kier molecular flexibility index (Phi) is 1.85. The highest BCUT2D eigenvalue weighted by Crippen LogP contribution is 2.39. The summed E-state index contributed by atoms with van der Waals surface area (Å²) in [6, 6.07) is 0. The summed E-state index contributed by atoms with van der Waals surface area (Å²) >= 11 is 0. The molecule has 0 radical (unpaired) electrons. The SMILES string of the molecule is CCC1CCCC2=CC=CC21. The lowest BCUT2D eigenvalue weighted by atomic mass is 9.76. The van der Waals surface area contributed by atoms with Gasteiger partial charge in [-0.1, -0.05) is 37.1 Å².